The van der Waals surface area contributed by atoms with E-state index in [0.717, 1.165) is 16.9 Å². The Morgan fingerprint density at radius 1 is 1.14 bits per heavy atom. The van der Waals surface area contributed by atoms with Gasteiger partial charge in [0.2, 0.25) is 0 Å². The van der Waals surface area contributed by atoms with Crippen molar-refractivity contribution in [1.29, 1.82) is 0 Å². The van der Waals surface area contributed by atoms with Crippen molar-refractivity contribution in [3.63, 3.8) is 0 Å². The molecular formula is C22H25ClN4O2. The monoisotopic (exact) mass is 412 g/mol. The molecule has 152 valence electrons. The van der Waals surface area contributed by atoms with Crippen molar-refractivity contribution in [3.05, 3.63) is 57.9 Å². The molecule has 1 aromatic carbocycles. The number of carbonyl (C=O) groups is 1. The molecule has 0 spiro atoms. The van der Waals surface area contributed by atoms with Gasteiger partial charge in [0.15, 0.2) is 5.69 Å². The van der Waals surface area contributed by atoms with Gasteiger partial charge in [0.05, 0.1) is 19.0 Å². The molecule has 1 heterocycles. The van der Waals surface area contributed by atoms with E-state index in [1.807, 2.05) is 26.0 Å². The van der Waals surface area contributed by atoms with Crippen molar-refractivity contribution >= 4 is 23.2 Å². The maximum absolute atomic E-state index is 12.6. The van der Waals surface area contributed by atoms with E-state index in [0.29, 0.717) is 5.69 Å². The molecule has 0 radical (unpaired) electrons. The molecule has 1 saturated carbocycles. The summed E-state index contributed by atoms with van der Waals surface area (Å²) < 4.78 is 6.38. The summed E-state index contributed by atoms with van der Waals surface area (Å²) in [6.07, 6.45) is 2.61. The summed E-state index contributed by atoms with van der Waals surface area (Å²) in [4.78, 5) is 24.2. The number of hydrogen-bond acceptors (Lipinski definition) is 4. The standard InChI is InChI=1S/C22H25ClN4O2/c1-12-8-14(9-13(2)17(12)24-7)29-20-21(3,4)19(22(20,5)6)27-18(28)15-10-26-16(23)11-25-15/h8-11,19-20H,1-6H3,(H,27,28). The van der Waals surface area contributed by atoms with Crippen LogP contribution in [0.3, 0.4) is 0 Å². The van der Waals surface area contributed by atoms with Crippen LogP contribution in [0.1, 0.15) is 49.3 Å². The average Bonchev–Trinajstić information content (AvgIpc) is 2.64. The van der Waals surface area contributed by atoms with Gasteiger partial charge in [0, 0.05) is 16.9 Å². The van der Waals surface area contributed by atoms with E-state index >= 15 is 0 Å². The molecule has 0 saturated heterocycles. The SMILES string of the molecule is [C-]#[N+]c1c(C)cc(OC2C(C)(C)C(NC(=O)c3cnc(Cl)cn3)C2(C)C)cc1C. The first-order chi connectivity index (χ1) is 13.5. The smallest absolute Gasteiger partial charge is 0.271 e. The molecule has 0 aliphatic heterocycles. The van der Waals surface area contributed by atoms with Gasteiger partial charge in [0.1, 0.15) is 22.7 Å². The molecule has 29 heavy (non-hydrogen) atoms. The van der Waals surface area contributed by atoms with Crippen LogP contribution in [0.5, 0.6) is 5.75 Å². The van der Waals surface area contributed by atoms with Gasteiger partial charge in [0.25, 0.3) is 5.91 Å². The fraction of sp³-hybridized carbons (Fsp3) is 0.455. The lowest BCUT2D eigenvalue weighted by Crippen LogP contribution is -2.74. The van der Waals surface area contributed by atoms with E-state index in [1.165, 1.54) is 12.4 Å². The van der Waals surface area contributed by atoms with Crippen molar-refractivity contribution < 1.29 is 9.53 Å². The number of nitrogens with zero attached hydrogens (tertiary/aromatic N) is 3. The van der Waals surface area contributed by atoms with Gasteiger partial charge in [-0.05, 0) is 37.1 Å². The number of halogens is 1. The quantitative estimate of drug-likeness (QED) is 0.724. The number of nitrogens with one attached hydrogen (secondary N) is 1. The van der Waals surface area contributed by atoms with Gasteiger partial charge >= 0.3 is 0 Å². The van der Waals surface area contributed by atoms with Crippen LogP contribution in [0.2, 0.25) is 5.15 Å². The molecule has 1 aliphatic rings. The Hall–Kier alpha value is -2.65. The van der Waals surface area contributed by atoms with Crippen molar-refractivity contribution in [3.8, 4) is 5.75 Å². The number of rotatable bonds is 4. The first-order valence-corrected chi connectivity index (χ1v) is 9.80. The Morgan fingerprint density at radius 3 is 2.21 bits per heavy atom. The second kappa shape index (κ2) is 7.31. The summed E-state index contributed by atoms with van der Waals surface area (Å²) in [7, 11) is 0. The van der Waals surface area contributed by atoms with Crippen LogP contribution in [0.4, 0.5) is 5.69 Å². The fourth-order valence-corrected chi connectivity index (χ4v) is 4.83. The number of ether oxygens (including phenoxy) is 1. The summed E-state index contributed by atoms with van der Waals surface area (Å²) in [6, 6.07) is 3.69. The van der Waals surface area contributed by atoms with Gasteiger partial charge in [-0.3, -0.25) is 4.79 Å². The molecule has 1 amide bonds. The zero-order chi connectivity index (χ0) is 21.6. The van der Waals surface area contributed by atoms with E-state index in [1.54, 1.807) is 0 Å². The maximum Gasteiger partial charge on any atom is 0.271 e. The minimum Gasteiger partial charge on any atom is -0.489 e. The number of aromatic nitrogens is 2. The van der Waals surface area contributed by atoms with Crippen LogP contribution in [0.25, 0.3) is 4.85 Å². The Labute approximate surface area is 176 Å². The Morgan fingerprint density at radius 2 is 1.72 bits per heavy atom. The lowest BCUT2D eigenvalue weighted by atomic mass is 9.49. The number of carbonyl (C=O) groups excluding carboxylic acids is 1. The molecule has 1 aliphatic carbocycles. The molecule has 0 bridgehead atoms. The van der Waals surface area contributed by atoms with Gasteiger partial charge in [-0.1, -0.05) is 39.3 Å². The Kier molecular flexibility index (Phi) is 5.31. The largest absolute Gasteiger partial charge is 0.489 e. The normalized spacial score (nSPS) is 21.6. The highest BCUT2D eigenvalue weighted by Gasteiger charge is 2.64. The van der Waals surface area contributed by atoms with E-state index in [2.05, 4.69) is 47.8 Å². The first-order valence-electron chi connectivity index (χ1n) is 9.42. The first kappa shape index (κ1) is 21.1. The summed E-state index contributed by atoms with van der Waals surface area (Å²) in [6.45, 7) is 19.5. The van der Waals surface area contributed by atoms with E-state index in [4.69, 9.17) is 22.9 Å². The van der Waals surface area contributed by atoms with E-state index < -0.39 is 0 Å². The highest BCUT2D eigenvalue weighted by molar-refractivity contribution is 6.29. The van der Waals surface area contributed by atoms with Gasteiger partial charge in [-0.15, -0.1) is 0 Å². The van der Waals surface area contributed by atoms with Crippen molar-refractivity contribution in [2.24, 2.45) is 10.8 Å². The minimum absolute atomic E-state index is 0.116. The predicted octanol–water partition coefficient (Wildman–Crippen LogP) is 4.91. The van der Waals surface area contributed by atoms with Crippen LogP contribution in [-0.4, -0.2) is 28.0 Å². The lowest BCUT2D eigenvalue weighted by molar-refractivity contribution is -0.164. The minimum atomic E-state index is -0.306. The van der Waals surface area contributed by atoms with E-state index in [-0.39, 0.29) is 39.7 Å². The molecule has 1 aromatic heterocycles. The topological polar surface area (TPSA) is 68.5 Å². The molecule has 0 atom stereocenters. The second-order valence-electron chi connectivity index (χ2n) is 8.79. The van der Waals surface area contributed by atoms with Crippen molar-refractivity contribution in [2.75, 3.05) is 0 Å². The Bertz CT molecular complexity index is 954. The number of aryl methyl sites for hydroxylation is 2. The van der Waals surface area contributed by atoms with Gasteiger partial charge in [-0.25, -0.2) is 14.8 Å². The van der Waals surface area contributed by atoms with Gasteiger partial charge in [-0.2, -0.15) is 0 Å². The molecule has 0 unspecified atom stereocenters. The molecule has 2 aromatic rings. The summed E-state index contributed by atoms with van der Waals surface area (Å²) >= 11 is 5.75. The van der Waals surface area contributed by atoms with Crippen molar-refractivity contribution in [2.45, 2.75) is 53.7 Å². The summed E-state index contributed by atoms with van der Waals surface area (Å²) in [5.74, 6) is 0.457. The zero-order valence-electron chi connectivity index (χ0n) is 17.5. The number of benzene rings is 1. The maximum atomic E-state index is 12.6. The third-order valence-corrected chi connectivity index (χ3v) is 5.99. The second-order valence-corrected chi connectivity index (χ2v) is 9.18. The third kappa shape index (κ3) is 3.67. The van der Waals surface area contributed by atoms with E-state index in [9.17, 15) is 4.79 Å². The highest BCUT2D eigenvalue weighted by atomic mass is 35.5. The molecule has 1 N–H and O–H groups in total. The van der Waals surface area contributed by atoms with Crippen molar-refractivity contribution in [1.82, 2.24) is 15.3 Å². The summed E-state index contributed by atoms with van der Waals surface area (Å²) in [5, 5.41) is 3.33. The van der Waals surface area contributed by atoms with Crippen LogP contribution < -0.4 is 10.1 Å². The number of hydrogen-bond donors (Lipinski definition) is 1. The molecule has 1 fully saturated rings. The highest BCUT2D eigenvalue weighted by Crippen LogP contribution is 2.55. The number of amides is 1. The van der Waals surface area contributed by atoms with Crippen LogP contribution in [0.15, 0.2) is 24.5 Å². The zero-order valence-corrected chi connectivity index (χ0v) is 18.3. The average molecular weight is 413 g/mol. The van der Waals surface area contributed by atoms with Crippen LogP contribution in [-0.2, 0) is 0 Å². The van der Waals surface area contributed by atoms with Gasteiger partial charge < -0.3 is 10.1 Å². The molecule has 6 nitrogen and oxygen atoms in total. The van der Waals surface area contributed by atoms with Crippen LogP contribution in [0, 0.1) is 31.2 Å². The summed E-state index contributed by atoms with van der Waals surface area (Å²) in [5.41, 5.74) is 2.08. The Balaban J connectivity index is 1.79. The third-order valence-electron chi connectivity index (χ3n) is 5.80. The molecule has 3 rings (SSSR count). The lowest BCUT2D eigenvalue weighted by Gasteiger charge is -2.63. The predicted molar refractivity (Wildman–Crippen MR) is 112 cm³/mol. The molecular weight excluding hydrogens is 388 g/mol. The molecule has 7 heteroatoms. The van der Waals surface area contributed by atoms with Crippen LogP contribution >= 0.6 is 11.6 Å². The fourth-order valence-electron chi connectivity index (χ4n) is 4.73.